The molecule has 10 heteroatoms. The van der Waals surface area contributed by atoms with Gasteiger partial charge in [-0.25, -0.2) is 9.97 Å². The maximum atomic E-state index is 13.4. The van der Waals surface area contributed by atoms with Crippen LogP contribution in [0.2, 0.25) is 0 Å². The maximum Gasteiger partial charge on any atom is 0.449 e. The molecule has 3 atom stereocenters. The van der Waals surface area contributed by atoms with Gasteiger partial charge in [0, 0.05) is 32.4 Å². The number of aliphatic hydroxyl groups excluding tert-OH is 1. The quantitative estimate of drug-likeness (QED) is 0.624. The summed E-state index contributed by atoms with van der Waals surface area (Å²) in [4.78, 5) is 22.2. The lowest BCUT2D eigenvalue weighted by Gasteiger charge is -2.29. The zero-order chi connectivity index (χ0) is 23.0. The Bertz CT molecular complexity index is 1110. The van der Waals surface area contributed by atoms with Gasteiger partial charge in [-0.3, -0.25) is 4.79 Å². The van der Waals surface area contributed by atoms with Crippen LogP contribution in [0.3, 0.4) is 0 Å². The summed E-state index contributed by atoms with van der Waals surface area (Å²) in [7, 11) is 1.65. The highest BCUT2D eigenvalue weighted by Crippen LogP contribution is 2.34. The minimum absolute atomic E-state index is 0.0268. The Hall–Kier alpha value is -2.88. The molecule has 1 amide bonds. The number of benzene rings is 1. The van der Waals surface area contributed by atoms with Crippen LogP contribution in [-0.4, -0.2) is 54.2 Å². The Morgan fingerprint density at radius 2 is 2.03 bits per heavy atom. The third-order valence-electron chi connectivity index (χ3n) is 6.34. The molecule has 0 bridgehead atoms. The van der Waals surface area contributed by atoms with Gasteiger partial charge in [-0.15, -0.1) is 0 Å². The standard InChI is InChI=1S/C22H26F3N5O2/c1-14-26-11-13-29(14)18-10-9-17(20(18)32)28(2)19(31)8-5-12-30-16-7-4-3-6-15(16)27-21(30)22(23,24)25/h3-4,6-7,11,13,17-18,20,32H,5,8-10,12H2,1-2H3/t17-,18-,20-/m1/s1. The SMILES string of the molecule is Cc1nccn1[C@@H]1CC[C@@H](N(C)C(=O)CCCn2c(C(F)(F)F)nc3ccccc32)[C@H]1O. The van der Waals surface area contributed by atoms with E-state index in [1.165, 1.54) is 4.90 Å². The number of hydrogen-bond acceptors (Lipinski definition) is 4. The number of alkyl halides is 3. The van der Waals surface area contributed by atoms with Gasteiger partial charge in [0.15, 0.2) is 0 Å². The molecular formula is C22H26F3N5O2. The Morgan fingerprint density at radius 1 is 1.28 bits per heavy atom. The number of amides is 1. The summed E-state index contributed by atoms with van der Waals surface area (Å²) in [6, 6.07) is 5.96. The molecule has 0 aliphatic heterocycles. The fraction of sp³-hybridized carbons (Fsp3) is 0.500. The van der Waals surface area contributed by atoms with E-state index in [0.717, 1.165) is 16.8 Å². The number of aromatic nitrogens is 4. The van der Waals surface area contributed by atoms with E-state index in [-0.39, 0.29) is 42.9 Å². The second-order valence-electron chi connectivity index (χ2n) is 8.27. The van der Waals surface area contributed by atoms with Crippen LogP contribution >= 0.6 is 0 Å². The number of fused-ring (bicyclic) bond motifs is 1. The van der Waals surface area contributed by atoms with E-state index in [0.29, 0.717) is 11.9 Å². The first-order valence-corrected chi connectivity index (χ1v) is 10.6. The average Bonchev–Trinajstić information content (AvgIpc) is 3.44. The molecule has 1 aliphatic carbocycles. The lowest BCUT2D eigenvalue weighted by atomic mass is 10.1. The third kappa shape index (κ3) is 4.11. The number of halogens is 3. The van der Waals surface area contributed by atoms with Crippen molar-refractivity contribution < 1.29 is 23.1 Å². The molecule has 0 radical (unpaired) electrons. The van der Waals surface area contributed by atoms with E-state index in [2.05, 4.69) is 9.97 Å². The van der Waals surface area contributed by atoms with Crippen molar-refractivity contribution in [3.63, 3.8) is 0 Å². The fourth-order valence-electron chi connectivity index (χ4n) is 4.67. The highest BCUT2D eigenvalue weighted by molar-refractivity contribution is 5.77. The molecule has 1 aliphatic rings. The summed E-state index contributed by atoms with van der Waals surface area (Å²) in [6.45, 7) is 1.89. The Balaban J connectivity index is 1.40. The summed E-state index contributed by atoms with van der Waals surface area (Å²) in [6.07, 6.45) is -0.120. The van der Waals surface area contributed by atoms with Crippen LogP contribution in [0.5, 0.6) is 0 Å². The zero-order valence-electron chi connectivity index (χ0n) is 18.0. The minimum Gasteiger partial charge on any atom is -0.389 e. The monoisotopic (exact) mass is 449 g/mol. The van der Waals surface area contributed by atoms with Crippen LogP contribution in [0.1, 0.15) is 43.4 Å². The van der Waals surface area contributed by atoms with Crippen molar-refractivity contribution in [2.24, 2.45) is 0 Å². The molecule has 1 aromatic carbocycles. The fourth-order valence-corrected chi connectivity index (χ4v) is 4.67. The van der Waals surface area contributed by atoms with E-state index in [4.69, 9.17) is 0 Å². The third-order valence-corrected chi connectivity index (χ3v) is 6.34. The number of hydrogen-bond donors (Lipinski definition) is 1. The van der Waals surface area contributed by atoms with Gasteiger partial charge in [-0.1, -0.05) is 12.1 Å². The molecule has 0 saturated heterocycles. The number of carbonyl (C=O) groups excluding carboxylic acids is 1. The molecule has 2 heterocycles. The van der Waals surface area contributed by atoms with Gasteiger partial charge < -0.3 is 19.1 Å². The summed E-state index contributed by atoms with van der Waals surface area (Å²) < 4.78 is 43.4. The van der Waals surface area contributed by atoms with Gasteiger partial charge in [-0.05, 0) is 38.3 Å². The average molecular weight is 449 g/mol. The molecule has 1 N–H and O–H groups in total. The lowest BCUT2D eigenvalue weighted by Crippen LogP contribution is -2.43. The molecule has 1 fully saturated rings. The van der Waals surface area contributed by atoms with Crippen molar-refractivity contribution in [3.8, 4) is 0 Å². The van der Waals surface area contributed by atoms with Gasteiger partial charge in [0.1, 0.15) is 5.82 Å². The number of rotatable bonds is 6. The summed E-state index contributed by atoms with van der Waals surface area (Å²) >= 11 is 0. The normalized spacial score (nSPS) is 21.4. The van der Waals surface area contributed by atoms with Gasteiger partial charge in [0.05, 0.1) is 29.2 Å². The summed E-state index contributed by atoms with van der Waals surface area (Å²) in [5, 5.41) is 10.8. The Labute approximate surface area is 183 Å². The molecule has 7 nitrogen and oxygen atoms in total. The number of likely N-dealkylation sites (N-methyl/N-ethyl adjacent to an activating group) is 1. The Morgan fingerprint density at radius 3 is 2.72 bits per heavy atom. The van der Waals surface area contributed by atoms with Gasteiger partial charge in [-0.2, -0.15) is 13.2 Å². The molecule has 2 aromatic heterocycles. The summed E-state index contributed by atoms with van der Waals surface area (Å²) in [5.74, 6) is -0.351. The van der Waals surface area contributed by atoms with Crippen molar-refractivity contribution in [2.75, 3.05) is 7.05 Å². The van der Waals surface area contributed by atoms with Crippen LogP contribution in [0.4, 0.5) is 13.2 Å². The van der Waals surface area contributed by atoms with E-state index < -0.39 is 18.1 Å². The Kier molecular flexibility index (Phi) is 5.98. The van der Waals surface area contributed by atoms with Gasteiger partial charge in [0.25, 0.3) is 0 Å². The highest BCUT2D eigenvalue weighted by Gasteiger charge is 2.40. The second kappa shape index (κ2) is 8.57. The number of aliphatic hydroxyl groups is 1. The zero-order valence-corrected chi connectivity index (χ0v) is 18.0. The van der Waals surface area contributed by atoms with Crippen molar-refractivity contribution in [2.45, 2.75) is 63.5 Å². The number of nitrogens with zero attached hydrogens (tertiary/aromatic N) is 5. The lowest BCUT2D eigenvalue weighted by molar-refractivity contribution is -0.147. The van der Waals surface area contributed by atoms with E-state index in [1.807, 2.05) is 17.7 Å². The van der Waals surface area contributed by atoms with E-state index >= 15 is 0 Å². The number of aryl methyl sites for hydroxylation is 2. The van der Waals surface area contributed by atoms with Crippen LogP contribution in [0.15, 0.2) is 36.7 Å². The first-order valence-electron chi connectivity index (χ1n) is 10.6. The predicted molar refractivity (Wildman–Crippen MR) is 112 cm³/mol. The smallest absolute Gasteiger partial charge is 0.389 e. The van der Waals surface area contributed by atoms with Crippen molar-refractivity contribution in [3.05, 3.63) is 48.3 Å². The van der Waals surface area contributed by atoms with Crippen molar-refractivity contribution in [1.82, 2.24) is 24.0 Å². The topological polar surface area (TPSA) is 76.2 Å². The van der Waals surface area contributed by atoms with Crippen molar-refractivity contribution in [1.29, 1.82) is 0 Å². The molecule has 32 heavy (non-hydrogen) atoms. The van der Waals surface area contributed by atoms with Gasteiger partial charge >= 0.3 is 6.18 Å². The van der Waals surface area contributed by atoms with E-state index in [1.54, 1.807) is 37.5 Å². The van der Waals surface area contributed by atoms with Crippen LogP contribution in [0, 0.1) is 6.92 Å². The molecule has 172 valence electrons. The highest BCUT2D eigenvalue weighted by atomic mass is 19.4. The second-order valence-corrected chi connectivity index (χ2v) is 8.27. The summed E-state index contributed by atoms with van der Waals surface area (Å²) in [5.41, 5.74) is 0.670. The largest absolute Gasteiger partial charge is 0.449 e. The number of imidazole rings is 2. The van der Waals surface area contributed by atoms with Crippen LogP contribution in [0.25, 0.3) is 11.0 Å². The molecular weight excluding hydrogens is 423 g/mol. The predicted octanol–water partition coefficient (Wildman–Crippen LogP) is 3.56. The number of para-hydroxylation sites is 2. The van der Waals surface area contributed by atoms with Crippen LogP contribution in [-0.2, 0) is 17.5 Å². The first kappa shape index (κ1) is 22.3. The van der Waals surface area contributed by atoms with Crippen LogP contribution < -0.4 is 0 Å². The van der Waals surface area contributed by atoms with Crippen molar-refractivity contribution >= 4 is 16.9 Å². The van der Waals surface area contributed by atoms with Gasteiger partial charge in [0.2, 0.25) is 11.7 Å². The minimum atomic E-state index is -4.58. The van der Waals surface area contributed by atoms with E-state index in [9.17, 15) is 23.1 Å². The molecule has 0 spiro atoms. The molecule has 1 saturated carbocycles. The molecule has 3 aromatic rings. The maximum absolute atomic E-state index is 13.4. The first-order chi connectivity index (χ1) is 15.2. The molecule has 0 unspecified atom stereocenters. The number of carbonyl (C=O) groups is 1. The molecule has 4 rings (SSSR count).